The van der Waals surface area contributed by atoms with Gasteiger partial charge in [-0.15, -0.1) is 0 Å². The van der Waals surface area contributed by atoms with E-state index in [1.165, 1.54) is 6.07 Å². The van der Waals surface area contributed by atoms with Crippen LogP contribution in [0.25, 0.3) is 0 Å². The lowest BCUT2D eigenvalue weighted by Crippen LogP contribution is -1.98. The monoisotopic (exact) mass is 283 g/mol. The van der Waals surface area contributed by atoms with E-state index in [9.17, 15) is 10.1 Å². The molecule has 0 spiro atoms. The summed E-state index contributed by atoms with van der Waals surface area (Å²) in [5.41, 5.74) is 2.18. The largest absolute Gasteiger partial charge is 0.437 e. The number of pyridine rings is 1. The standard InChI is InChI=1S/C15H13N3O3/c1-9-7-14(10(2)6-13(9)18(19)20)21-15-12(8-16)5-4-11(3)17-15/h4-7H,1-3H3. The number of aryl methyl sites for hydroxylation is 3. The van der Waals surface area contributed by atoms with E-state index in [1.54, 1.807) is 39.0 Å². The minimum atomic E-state index is -0.433. The van der Waals surface area contributed by atoms with Crippen LogP contribution in [0.1, 0.15) is 22.4 Å². The van der Waals surface area contributed by atoms with Gasteiger partial charge in [-0.05, 0) is 44.5 Å². The van der Waals surface area contributed by atoms with Crippen LogP contribution in [-0.4, -0.2) is 9.91 Å². The van der Waals surface area contributed by atoms with Crippen molar-refractivity contribution in [3.05, 3.63) is 56.8 Å². The number of nitro benzene ring substituents is 1. The fourth-order valence-electron chi connectivity index (χ4n) is 1.88. The second-order valence-electron chi connectivity index (χ2n) is 4.68. The predicted octanol–water partition coefficient (Wildman–Crippen LogP) is 3.58. The SMILES string of the molecule is Cc1ccc(C#N)c(Oc2cc(C)c([N+](=O)[O-])cc2C)n1. The molecule has 0 aliphatic carbocycles. The topological polar surface area (TPSA) is 89.0 Å². The molecule has 0 aliphatic rings. The van der Waals surface area contributed by atoms with Gasteiger partial charge in [0.15, 0.2) is 0 Å². The molecule has 0 amide bonds. The zero-order valence-electron chi connectivity index (χ0n) is 11.9. The van der Waals surface area contributed by atoms with E-state index in [-0.39, 0.29) is 11.6 Å². The van der Waals surface area contributed by atoms with Crippen LogP contribution in [0.2, 0.25) is 0 Å². The van der Waals surface area contributed by atoms with Gasteiger partial charge in [-0.3, -0.25) is 10.1 Å². The predicted molar refractivity (Wildman–Crippen MR) is 76.3 cm³/mol. The van der Waals surface area contributed by atoms with Crippen LogP contribution in [0.3, 0.4) is 0 Å². The van der Waals surface area contributed by atoms with Crippen LogP contribution >= 0.6 is 0 Å². The van der Waals surface area contributed by atoms with Gasteiger partial charge in [-0.1, -0.05) is 0 Å². The molecule has 0 atom stereocenters. The lowest BCUT2D eigenvalue weighted by Gasteiger charge is -2.10. The van der Waals surface area contributed by atoms with Gasteiger partial charge in [-0.25, -0.2) is 4.98 Å². The van der Waals surface area contributed by atoms with E-state index in [4.69, 9.17) is 10.00 Å². The summed E-state index contributed by atoms with van der Waals surface area (Å²) in [5, 5.41) is 20.0. The fourth-order valence-corrected chi connectivity index (χ4v) is 1.88. The van der Waals surface area contributed by atoms with Crippen LogP contribution in [0.5, 0.6) is 11.6 Å². The Bertz CT molecular complexity index is 763. The molecule has 0 unspecified atom stereocenters. The maximum Gasteiger partial charge on any atom is 0.272 e. The molecule has 0 fully saturated rings. The zero-order chi connectivity index (χ0) is 15.6. The van der Waals surface area contributed by atoms with Crippen LogP contribution in [0.15, 0.2) is 24.3 Å². The van der Waals surface area contributed by atoms with Crippen LogP contribution in [0.4, 0.5) is 5.69 Å². The van der Waals surface area contributed by atoms with Crippen LogP contribution < -0.4 is 4.74 Å². The first kappa shape index (κ1) is 14.5. The molecule has 0 bridgehead atoms. The Balaban J connectivity index is 2.46. The Morgan fingerprint density at radius 3 is 2.57 bits per heavy atom. The molecule has 106 valence electrons. The molecule has 0 radical (unpaired) electrons. The van der Waals surface area contributed by atoms with Gasteiger partial charge in [0, 0.05) is 17.3 Å². The second kappa shape index (κ2) is 5.59. The lowest BCUT2D eigenvalue weighted by atomic mass is 10.1. The van der Waals surface area contributed by atoms with Crippen molar-refractivity contribution in [2.75, 3.05) is 0 Å². The Morgan fingerprint density at radius 2 is 1.95 bits per heavy atom. The Kier molecular flexibility index (Phi) is 3.85. The van der Waals surface area contributed by atoms with Crippen molar-refractivity contribution in [1.82, 2.24) is 4.98 Å². The van der Waals surface area contributed by atoms with E-state index < -0.39 is 4.92 Å². The zero-order valence-corrected chi connectivity index (χ0v) is 11.9. The average Bonchev–Trinajstić information content (AvgIpc) is 2.42. The van der Waals surface area contributed by atoms with Gasteiger partial charge < -0.3 is 4.74 Å². The molecule has 2 rings (SSSR count). The quantitative estimate of drug-likeness (QED) is 0.634. The summed E-state index contributed by atoms with van der Waals surface area (Å²) in [5.74, 6) is 0.654. The summed E-state index contributed by atoms with van der Waals surface area (Å²) < 4.78 is 5.67. The maximum atomic E-state index is 10.9. The van der Waals surface area contributed by atoms with Crippen molar-refractivity contribution in [1.29, 1.82) is 5.26 Å². The highest BCUT2D eigenvalue weighted by molar-refractivity contribution is 5.51. The number of nitriles is 1. The number of ether oxygens (including phenoxy) is 1. The number of hydrogen-bond donors (Lipinski definition) is 0. The highest BCUT2D eigenvalue weighted by Crippen LogP contribution is 2.31. The van der Waals surface area contributed by atoms with Crippen LogP contribution in [0, 0.1) is 42.2 Å². The fraction of sp³-hybridized carbons (Fsp3) is 0.200. The molecule has 6 heteroatoms. The summed E-state index contributed by atoms with van der Waals surface area (Å²) in [6.07, 6.45) is 0. The van der Waals surface area contributed by atoms with Crippen molar-refractivity contribution in [2.45, 2.75) is 20.8 Å². The Labute approximate surface area is 121 Å². The third-order valence-corrected chi connectivity index (χ3v) is 3.02. The molecule has 6 nitrogen and oxygen atoms in total. The van der Waals surface area contributed by atoms with E-state index in [0.29, 0.717) is 22.4 Å². The number of nitro groups is 1. The number of aromatic nitrogens is 1. The van der Waals surface area contributed by atoms with Gasteiger partial charge in [0.2, 0.25) is 5.88 Å². The van der Waals surface area contributed by atoms with E-state index in [1.807, 2.05) is 6.07 Å². The first-order chi connectivity index (χ1) is 9.92. The van der Waals surface area contributed by atoms with Crippen molar-refractivity contribution >= 4 is 5.69 Å². The molecule has 1 aromatic heterocycles. The molecular weight excluding hydrogens is 270 g/mol. The minimum Gasteiger partial charge on any atom is -0.437 e. The van der Waals surface area contributed by atoms with E-state index >= 15 is 0 Å². The van der Waals surface area contributed by atoms with Crippen LogP contribution in [-0.2, 0) is 0 Å². The van der Waals surface area contributed by atoms with Gasteiger partial charge >= 0.3 is 0 Å². The third-order valence-electron chi connectivity index (χ3n) is 3.02. The highest BCUT2D eigenvalue weighted by atomic mass is 16.6. The summed E-state index contributed by atoms with van der Waals surface area (Å²) >= 11 is 0. The molecule has 1 aromatic carbocycles. The number of rotatable bonds is 3. The number of hydrogen-bond acceptors (Lipinski definition) is 5. The lowest BCUT2D eigenvalue weighted by molar-refractivity contribution is -0.385. The molecule has 2 aromatic rings. The molecule has 0 saturated carbocycles. The van der Waals surface area contributed by atoms with Gasteiger partial charge in [0.05, 0.1) is 4.92 Å². The molecule has 0 aliphatic heterocycles. The smallest absolute Gasteiger partial charge is 0.272 e. The summed E-state index contributed by atoms with van der Waals surface area (Å²) in [7, 11) is 0. The summed E-state index contributed by atoms with van der Waals surface area (Å²) in [6.45, 7) is 5.14. The molecule has 0 saturated heterocycles. The molecular formula is C15H13N3O3. The number of nitrogens with zero attached hydrogens (tertiary/aromatic N) is 3. The van der Waals surface area contributed by atoms with Crippen molar-refractivity contribution in [3.63, 3.8) is 0 Å². The minimum absolute atomic E-state index is 0.0394. The Morgan fingerprint density at radius 1 is 1.24 bits per heavy atom. The van der Waals surface area contributed by atoms with Gasteiger partial charge in [0.1, 0.15) is 17.4 Å². The molecule has 21 heavy (non-hydrogen) atoms. The van der Waals surface area contributed by atoms with Gasteiger partial charge in [-0.2, -0.15) is 5.26 Å². The van der Waals surface area contributed by atoms with Crippen molar-refractivity contribution < 1.29 is 9.66 Å². The van der Waals surface area contributed by atoms with Crippen molar-refractivity contribution in [3.8, 4) is 17.7 Å². The Hall–Kier alpha value is -2.94. The maximum absolute atomic E-state index is 10.9. The van der Waals surface area contributed by atoms with Gasteiger partial charge in [0.25, 0.3) is 5.69 Å². The summed E-state index contributed by atoms with van der Waals surface area (Å²) in [4.78, 5) is 14.7. The first-order valence-electron chi connectivity index (χ1n) is 6.23. The third kappa shape index (κ3) is 2.98. The second-order valence-corrected chi connectivity index (χ2v) is 4.68. The molecule has 1 heterocycles. The molecule has 0 N–H and O–H groups in total. The normalized spacial score (nSPS) is 10.0. The average molecular weight is 283 g/mol. The van der Waals surface area contributed by atoms with E-state index in [0.717, 1.165) is 5.69 Å². The van der Waals surface area contributed by atoms with Crippen molar-refractivity contribution in [2.24, 2.45) is 0 Å². The highest BCUT2D eigenvalue weighted by Gasteiger charge is 2.16. The number of benzene rings is 1. The van der Waals surface area contributed by atoms with E-state index in [2.05, 4.69) is 4.98 Å². The first-order valence-corrected chi connectivity index (χ1v) is 6.23. The summed E-state index contributed by atoms with van der Waals surface area (Å²) in [6, 6.07) is 8.40.